The van der Waals surface area contributed by atoms with E-state index in [1.807, 2.05) is 55.5 Å². The van der Waals surface area contributed by atoms with Crippen molar-refractivity contribution < 1.29 is 4.79 Å². The minimum absolute atomic E-state index is 0.0641. The van der Waals surface area contributed by atoms with Gasteiger partial charge in [0.25, 0.3) is 5.91 Å². The number of anilines is 3. The van der Waals surface area contributed by atoms with Crippen LogP contribution in [0.4, 0.5) is 17.2 Å². The molecule has 5 heteroatoms. The van der Waals surface area contributed by atoms with E-state index < -0.39 is 0 Å². The standard InChI is InChI=1S/C24H28N4O/c1-4-28(5-2)22-14-12-21(13-15-22)27-23-16-11-20(17-25-23)24(29)26-18(3)19-9-7-6-8-10-19/h6-18H,4-5H2,1-3H3,(H,25,27)(H,26,29). The van der Waals surface area contributed by atoms with Gasteiger partial charge < -0.3 is 15.5 Å². The SMILES string of the molecule is CCN(CC)c1ccc(Nc2ccc(C(=O)NC(C)c3ccccc3)cn2)cc1. The quantitative estimate of drug-likeness (QED) is 0.559. The van der Waals surface area contributed by atoms with Gasteiger partial charge in [0.05, 0.1) is 11.6 Å². The maximum atomic E-state index is 12.5. The van der Waals surface area contributed by atoms with Crippen LogP contribution in [0.2, 0.25) is 0 Å². The smallest absolute Gasteiger partial charge is 0.253 e. The molecular weight excluding hydrogens is 360 g/mol. The summed E-state index contributed by atoms with van der Waals surface area (Å²) in [6, 6.07) is 21.7. The maximum Gasteiger partial charge on any atom is 0.253 e. The van der Waals surface area contributed by atoms with Crippen molar-refractivity contribution in [3.63, 3.8) is 0 Å². The number of carbonyl (C=O) groups excluding carboxylic acids is 1. The molecule has 0 aliphatic rings. The predicted molar refractivity (Wildman–Crippen MR) is 120 cm³/mol. The zero-order chi connectivity index (χ0) is 20.6. The third-order valence-corrected chi connectivity index (χ3v) is 4.94. The van der Waals surface area contributed by atoms with E-state index in [0.29, 0.717) is 11.4 Å². The van der Waals surface area contributed by atoms with Crippen LogP contribution in [-0.2, 0) is 0 Å². The fourth-order valence-electron chi connectivity index (χ4n) is 3.20. The summed E-state index contributed by atoms with van der Waals surface area (Å²) in [6.45, 7) is 8.24. The van der Waals surface area contributed by atoms with Crippen LogP contribution >= 0.6 is 0 Å². The average molecular weight is 389 g/mol. The largest absolute Gasteiger partial charge is 0.372 e. The summed E-state index contributed by atoms with van der Waals surface area (Å²) in [5.74, 6) is 0.567. The van der Waals surface area contributed by atoms with Gasteiger partial charge in [0, 0.05) is 30.7 Å². The third-order valence-electron chi connectivity index (χ3n) is 4.94. The van der Waals surface area contributed by atoms with E-state index in [9.17, 15) is 4.79 Å². The topological polar surface area (TPSA) is 57.3 Å². The van der Waals surface area contributed by atoms with Gasteiger partial charge in [-0.3, -0.25) is 4.79 Å². The van der Waals surface area contributed by atoms with Crippen molar-refractivity contribution in [2.24, 2.45) is 0 Å². The Kier molecular flexibility index (Phi) is 6.85. The van der Waals surface area contributed by atoms with Crippen LogP contribution in [0.15, 0.2) is 72.9 Å². The molecule has 150 valence electrons. The molecule has 0 aliphatic carbocycles. The van der Waals surface area contributed by atoms with Crippen molar-refractivity contribution in [3.05, 3.63) is 84.1 Å². The fourth-order valence-corrected chi connectivity index (χ4v) is 3.20. The molecule has 1 unspecified atom stereocenters. The van der Waals surface area contributed by atoms with E-state index in [2.05, 4.69) is 46.5 Å². The molecule has 2 aromatic carbocycles. The maximum absolute atomic E-state index is 12.5. The van der Waals surface area contributed by atoms with E-state index in [-0.39, 0.29) is 11.9 Å². The molecule has 5 nitrogen and oxygen atoms in total. The number of hydrogen-bond donors (Lipinski definition) is 2. The molecule has 1 heterocycles. The first kappa shape index (κ1) is 20.4. The zero-order valence-corrected chi connectivity index (χ0v) is 17.2. The monoisotopic (exact) mass is 388 g/mol. The predicted octanol–water partition coefficient (Wildman–Crippen LogP) is 5.16. The highest BCUT2D eigenvalue weighted by molar-refractivity contribution is 5.94. The molecule has 0 bridgehead atoms. The molecule has 3 rings (SSSR count). The number of hydrogen-bond acceptors (Lipinski definition) is 4. The first-order valence-corrected chi connectivity index (χ1v) is 10.0. The number of nitrogens with one attached hydrogen (secondary N) is 2. The van der Waals surface area contributed by atoms with Gasteiger partial charge >= 0.3 is 0 Å². The lowest BCUT2D eigenvalue weighted by Gasteiger charge is -2.21. The number of aromatic nitrogens is 1. The van der Waals surface area contributed by atoms with Crippen molar-refractivity contribution in [1.82, 2.24) is 10.3 Å². The van der Waals surface area contributed by atoms with Crippen molar-refractivity contribution in [1.29, 1.82) is 0 Å². The van der Waals surface area contributed by atoms with Crippen LogP contribution in [-0.4, -0.2) is 24.0 Å². The minimum Gasteiger partial charge on any atom is -0.372 e. The number of benzene rings is 2. The van der Waals surface area contributed by atoms with Gasteiger partial charge in [-0.05, 0) is 62.7 Å². The second kappa shape index (κ2) is 9.73. The van der Waals surface area contributed by atoms with Crippen LogP contribution in [0, 0.1) is 0 Å². The number of carbonyl (C=O) groups is 1. The van der Waals surface area contributed by atoms with Crippen LogP contribution in [0.3, 0.4) is 0 Å². The highest BCUT2D eigenvalue weighted by Gasteiger charge is 2.11. The van der Waals surface area contributed by atoms with Gasteiger partial charge in [-0.25, -0.2) is 4.98 Å². The summed E-state index contributed by atoms with van der Waals surface area (Å²) in [4.78, 5) is 19.2. The Morgan fingerprint density at radius 3 is 2.24 bits per heavy atom. The highest BCUT2D eigenvalue weighted by Crippen LogP contribution is 2.20. The van der Waals surface area contributed by atoms with E-state index in [1.54, 1.807) is 12.3 Å². The molecule has 1 atom stereocenters. The third kappa shape index (κ3) is 5.35. The molecule has 0 saturated carbocycles. The Morgan fingerprint density at radius 1 is 0.966 bits per heavy atom. The van der Waals surface area contributed by atoms with E-state index in [1.165, 1.54) is 5.69 Å². The second-order valence-electron chi connectivity index (χ2n) is 6.88. The Bertz CT molecular complexity index is 904. The summed E-state index contributed by atoms with van der Waals surface area (Å²) in [5, 5.41) is 6.28. The molecule has 2 N–H and O–H groups in total. The van der Waals surface area contributed by atoms with Crippen molar-refractivity contribution in [3.8, 4) is 0 Å². The van der Waals surface area contributed by atoms with Crippen LogP contribution < -0.4 is 15.5 Å². The van der Waals surface area contributed by atoms with E-state index in [0.717, 1.165) is 24.3 Å². The Balaban J connectivity index is 1.60. The van der Waals surface area contributed by atoms with Crippen molar-refractivity contribution in [2.75, 3.05) is 23.3 Å². The van der Waals surface area contributed by atoms with Crippen molar-refractivity contribution in [2.45, 2.75) is 26.8 Å². The molecule has 0 spiro atoms. The second-order valence-corrected chi connectivity index (χ2v) is 6.88. The first-order valence-electron chi connectivity index (χ1n) is 10.0. The number of amides is 1. The molecule has 1 aromatic heterocycles. The van der Waals surface area contributed by atoms with Gasteiger partial charge in [0.2, 0.25) is 0 Å². The lowest BCUT2D eigenvalue weighted by Crippen LogP contribution is -2.26. The summed E-state index contributed by atoms with van der Waals surface area (Å²) in [5.41, 5.74) is 3.77. The molecule has 0 radical (unpaired) electrons. The number of pyridine rings is 1. The molecule has 1 amide bonds. The van der Waals surface area contributed by atoms with Crippen LogP contribution in [0.1, 0.15) is 42.7 Å². The van der Waals surface area contributed by atoms with Gasteiger partial charge in [-0.1, -0.05) is 30.3 Å². The Labute approximate surface area is 172 Å². The molecule has 0 saturated heterocycles. The van der Waals surface area contributed by atoms with Gasteiger partial charge in [-0.2, -0.15) is 0 Å². The average Bonchev–Trinajstić information content (AvgIpc) is 2.77. The molecule has 0 fully saturated rings. The zero-order valence-electron chi connectivity index (χ0n) is 17.2. The Hall–Kier alpha value is -3.34. The normalized spacial score (nSPS) is 11.6. The number of rotatable bonds is 8. The summed E-state index contributed by atoms with van der Waals surface area (Å²) in [7, 11) is 0. The van der Waals surface area contributed by atoms with E-state index in [4.69, 9.17) is 0 Å². The lowest BCUT2D eigenvalue weighted by molar-refractivity contribution is 0.0939. The number of nitrogens with zero attached hydrogens (tertiary/aromatic N) is 2. The molecule has 3 aromatic rings. The summed E-state index contributed by atoms with van der Waals surface area (Å²) >= 11 is 0. The first-order chi connectivity index (χ1) is 14.1. The molecular formula is C24H28N4O. The fraction of sp³-hybridized carbons (Fsp3) is 0.250. The summed E-state index contributed by atoms with van der Waals surface area (Å²) < 4.78 is 0. The summed E-state index contributed by atoms with van der Waals surface area (Å²) in [6.07, 6.45) is 1.60. The Morgan fingerprint density at radius 2 is 1.66 bits per heavy atom. The van der Waals surface area contributed by atoms with Crippen molar-refractivity contribution >= 4 is 23.1 Å². The molecule has 29 heavy (non-hydrogen) atoms. The minimum atomic E-state index is -0.135. The lowest BCUT2D eigenvalue weighted by atomic mass is 10.1. The van der Waals surface area contributed by atoms with E-state index >= 15 is 0 Å². The molecule has 0 aliphatic heterocycles. The van der Waals surface area contributed by atoms with Crippen LogP contribution in [0.5, 0.6) is 0 Å². The van der Waals surface area contributed by atoms with Gasteiger partial charge in [0.1, 0.15) is 5.82 Å². The highest BCUT2D eigenvalue weighted by atomic mass is 16.1. The van der Waals surface area contributed by atoms with Gasteiger partial charge in [0.15, 0.2) is 0 Å². The van der Waals surface area contributed by atoms with Gasteiger partial charge in [-0.15, -0.1) is 0 Å². The van der Waals surface area contributed by atoms with Crippen LogP contribution in [0.25, 0.3) is 0 Å².